The first-order valence-corrected chi connectivity index (χ1v) is 10.2. The normalized spacial score (nSPS) is 11.5. The van der Waals surface area contributed by atoms with E-state index in [1.807, 2.05) is 0 Å². The number of carbonyl (C=O) groups excluding carboxylic acids is 1. The number of anilines is 1. The Morgan fingerprint density at radius 3 is 2.54 bits per heavy atom. The Balaban J connectivity index is 2.64. The number of carbonyl (C=O) groups is 1. The van der Waals surface area contributed by atoms with Crippen LogP contribution in [0, 0.1) is 5.95 Å². The molecule has 1 aromatic carbocycles. The molecule has 0 atom stereocenters. The highest BCUT2D eigenvalue weighted by atomic mass is 35.5. The molecule has 0 unspecified atom stereocenters. The number of rotatable bonds is 6. The van der Waals surface area contributed by atoms with Gasteiger partial charge in [0.1, 0.15) is 33.1 Å². The first kappa shape index (κ1) is 22.2. The van der Waals surface area contributed by atoms with Crippen LogP contribution in [0.25, 0.3) is 0 Å². The number of hydrogen-bond donors (Lipinski definition) is 2. The maximum Gasteiger partial charge on any atom is 0.325 e. The Hall–Kier alpha value is -2.10. The minimum Gasteiger partial charge on any atom is -0.508 e. The summed E-state index contributed by atoms with van der Waals surface area (Å²) in [5.41, 5.74) is 0.381. The van der Waals surface area contributed by atoms with Crippen molar-refractivity contribution in [1.82, 2.24) is 4.98 Å². The Kier molecular flexibility index (Phi) is 6.74. The number of esters is 1. The van der Waals surface area contributed by atoms with E-state index < -0.39 is 43.2 Å². The van der Waals surface area contributed by atoms with Crippen LogP contribution < -0.4 is 5.32 Å². The van der Waals surface area contributed by atoms with Gasteiger partial charge in [-0.2, -0.15) is 9.37 Å². The third kappa shape index (κ3) is 4.31. The van der Waals surface area contributed by atoms with E-state index in [2.05, 4.69) is 15.0 Å². The molecule has 0 spiro atoms. The molecule has 0 aliphatic heterocycles. The average molecular weight is 451 g/mol. The van der Waals surface area contributed by atoms with Crippen molar-refractivity contribution >= 4 is 44.8 Å². The lowest BCUT2D eigenvalue weighted by Crippen LogP contribution is -2.17. The maximum absolute atomic E-state index is 14.2. The van der Waals surface area contributed by atoms with Crippen molar-refractivity contribution < 1.29 is 27.4 Å². The van der Waals surface area contributed by atoms with Gasteiger partial charge in [0.2, 0.25) is 15.8 Å². The van der Waals surface area contributed by atoms with Crippen molar-refractivity contribution in [1.29, 1.82) is 0 Å². The highest BCUT2D eigenvalue weighted by molar-refractivity contribution is 7.91. The summed E-state index contributed by atoms with van der Waals surface area (Å²) in [6.07, 6.45) is 0. The van der Waals surface area contributed by atoms with Crippen molar-refractivity contribution in [2.75, 3.05) is 19.0 Å². The molecule has 2 N–H and O–H groups in total. The fraction of sp³-hybridized carbons (Fsp3) is 0.294. The Bertz CT molecular complexity index is 1030. The molecule has 0 amide bonds. The van der Waals surface area contributed by atoms with Gasteiger partial charge in [0, 0.05) is 0 Å². The topological polar surface area (TPSA) is 106 Å². The van der Waals surface area contributed by atoms with E-state index in [-0.39, 0.29) is 22.4 Å². The molecule has 0 fully saturated rings. The number of aromatic nitrogens is 1. The molecule has 0 bridgehead atoms. The Morgan fingerprint density at radius 1 is 1.32 bits per heavy atom. The van der Waals surface area contributed by atoms with Crippen molar-refractivity contribution in [2.24, 2.45) is 0 Å². The fourth-order valence-electron chi connectivity index (χ4n) is 2.36. The molecule has 7 nitrogen and oxygen atoms in total. The second kappa shape index (κ2) is 8.50. The summed E-state index contributed by atoms with van der Waals surface area (Å²) in [5, 5.41) is 11.1. The smallest absolute Gasteiger partial charge is 0.325 e. The van der Waals surface area contributed by atoms with E-state index in [9.17, 15) is 22.7 Å². The predicted octanol–water partition coefficient (Wildman–Crippen LogP) is 3.77. The molecule has 1 aromatic heterocycles. The fourth-order valence-corrected chi connectivity index (χ4v) is 4.77. The van der Waals surface area contributed by atoms with Crippen LogP contribution in [0.5, 0.6) is 5.75 Å². The quantitative estimate of drug-likeness (QED) is 0.509. The molecular weight excluding hydrogens is 434 g/mol. The van der Waals surface area contributed by atoms with Gasteiger partial charge in [0.15, 0.2) is 0 Å². The summed E-state index contributed by atoms with van der Waals surface area (Å²) in [4.78, 5) is 13.8. The lowest BCUT2D eigenvalue weighted by atomic mass is 10.0. The summed E-state index contributed by atoms with van der Waals surface area (Å²) in [7, 11) is -3.23. The van der Waals surface area contributed by atoms with Gasteiger partial charge < -0.3 is 15.2 Å². The first-order chi connectivity index (χ1) is 13.0. The molecule has 0 radical (unpaired) electrons. The number of sulfone groups is 1. The van der Waals surface area contributed by atoms with Gasteiger partial charge in [0.05, 0.1) is 12.0 Å². The summed E-state index contributed by atoms with van der Waals surface area (Å²) in [6, 6.07) is 3.64. The number of aromatic hydroxyl groups is 1. The number of pyridine rings is 1. The van der Waals surface area contributed by atoms with E-state index >= 15 is 0 Å². The van der Waals surface area contributed by atoms with Crippen LogP contribution >= 0.6 is 23.2 Å². The number of hydrogen-bond acceptors (Lipinski definition) is 7. The van der Waals surface area contributed by atoms with Gasteiger partial charge in [-0.15, -0.1) is 0 Å². The molecular formula is C17H17Cl2FN2O5S. The molecule has 0 saturated heterocycles. The Morgan fingerprint density at radius 2 is 1.96 bits per heavy atom. The third-order valence-electron chi connectivity index (χ3n) is 3.83. The average Bonchev–Trinajstić information content (AvgIpc) is 2.63. The van der Waals surface area contributed by atoms with Crippen molar-refractivity contribution in [2.45, 2.75) is 29.6 Å². The van der Waals surface area contributed by atoms with Crippen molar-refractivity contribution in [3.8, 4) is 5.75 Å². The van der Waals surface area contributed by atoms with Gasteiger partial charge >= 0.3 is 5.97 Å². The summed E-state index contributed by atoms with van der Waals surface area (Å²) >= 11 is 12.0. The molecule has 28 heavy (non-hydrogen) atoms. The Labute approximate surface area is 171 Å². The SMILES string of the molecule is COC(=O)CNc1nc(F)c(Cl)c(S(=O)(=O)c2ccc(O)c(C(C)C)c2)c1Cl. The van der Waals surface area contributed by atoms with E-state index in [1.165, 1.54) is 12.1 Å². The molecule has 11 heteroatoms. The van der Waals surface area contributed by atoms with Crippen LogP contribution in [0.3, 0.4) is 0 Å². The second-order valence-corrected chi connectivity index (χ2v) is 8.66. The largest absolute Gasteiger partial charge is 0.508 e. The van der Waals surface area contributed by atoms with E-state index in [1.54, 1.807) is 13.8 Å². The van der Waals surface area contributed by atoms with Crippen LogP contribution in [0.1, 0.15) is 25.3 Å². The van der Waals surface area contributed by atoms with Gasteiger partial charge in [-0.3, -0.25) is 4.79 Å². The predicted molar refractivity (Wildman–Crippen MR) is 102 cm³/mol. The molecule has 0 aliphatic carbocycles. The number of methoxy groups -OCH3 is 1. The van der Waals surface area contributed by atoms with Gasteiger partial charge in [-0.25, -0.2) is 8.42 Å². The van der Waals surface area contributed by atoms with Gasteiger partial charge in [-0.05, 0) is 29.7 Å². The van der Waals surface area contributed by atoms with E-state index in [0.29, 0.717) is 5.56 Å². The van der Waals surface area contributed by atoms with Crippen LogP contribution in [-0.4, -0.2) is 38.1 Å². The molecule has 2 rings (SSSR count). The zero-order valence-electron chi connectivity index (χ0n) is 15.1. The summed E-state index contributed by atoms with van der Waals surface area (Å²) in [6.45, 7) is 3.12. The van der Waals surface area contributed by atoms with Crippen molar-refractivity contribution in [3.63, 3.8) is 0 Å². The number of benzene rings is 1. The highest BCUT2D eigenvalue weighted by Crippen LogP contribution is 2.39. The lowest BCUT2D eigenvalue weighted by Gasteiger charge is -2.15. The van der Waals surface area contributed by atoms with Gasteiger partial charge in [0.25, 0.3) is 0 Å². The van der Waals surface area contributed by atoms with Gasteiger partial charge in [-0.1, -0.05) is 37.0 Å². The molecule has 1 heterocycles. The summed E-state index contributed by atoms with van der Waals surface area (Å²) < 4.78 is 44.8. The summed E-state index contributed by atoms with van der Waals surface area (Å²) in [5.74, 6) is -2.60. The number of phenolic OH excluding ortho intramolecular Hbond substituents is 1. The third-order valence-corrected chi connectivity index (χ3v) is 6.58. The van der Waals surface area contributed by atoms with Crippen LogP contribution in [-0.2, 0) is 19.4 Å². The van der Waals surface area contributed by atoms with E-state index in [0.717, 1.165) is 13.2 Å². The number of nitrogens with zero attached hydrogens (tertiary/aromatic N) is 1. The number of ether oxygens (including phenoxy) is 1. The minimum absolute atomic E-state index is 0.0764. The maximum atomic E-state index is 14.2. The van der Waals surface area contributed by atoms with Crippen LogP contribution in [0.2, 0.25) is 10.0 Å². The number of halogens is 3. The molecule has 0 aliphatic rings. The van der Waals surface area contributed by atoms with E-state index in [4.69, 9.17) is 23.2 Å². The number of phenols is 1. The molecule has 152 valence electrons. The number of nitrogens with one attached hydrogen (secondary N) is 1. The first-order valence-electron chi connectivity index (χ1n) is 7.93. The second-order valence-electron chi connectivity index (χ2n) is 6.02. The molecule has 2 aromatic rings. The zero-order chi connectivity index (χ0) is 21.2. The zero-order valence-corrected chi connectivity index (χ0v) is 17.4. The van der Waals surface area contributed by atoms with Crippen LogP contribution in [0.15, 0.2) is 28.0 Å². The molecule has 0 saturated carbocycles. The standard InChI is InChI=1S/C17H17Cl2FN2O5S/c1-8(2)10-6-9(4-5-11(10)23)28(25,26)15-13(18)16(20)22-17(14(15)19)21-7-12(24)27-3/h4-6,8,23H,7H2,1-3H3,(H,21,22). The van der Waals surface area contributed by atoms with Crippen LogP contribution in [0.4, 0.5) is 10.2 Å². The monoisotopic (exact) mass is 450 g/mol. The lowest BCUT2D eigenvalue weighted by molar-refractivity contribution is -0.138. The minimum atomic E-state index is -4.37. The van der Waals surface area contributed by atoms with Crippen molar-refractivity contribution in [3.05, 3.63) is 39.8 Å². The highest BCUT2D eigenvalue weighted by Gasteiger charge is 2.30.